The van der Waals surface area contributed by atoms with Crippen molar-refractivity contribution in [2.45, 2.75) is 20.0 Å². The van der Waals surface area contributed by atoms with Crippen LogP contribution in [-0.2, 0) is 4.79 Å². The number of carbonyl (C=O) groups is 1. The Labute approximate surface area is 201 Å². The van der Waals surface area contributed by atoms with Crippen molar-refractivity contribution in [1.29, 1.82) is 0 Å². The third-order valence-electron chi connectivity index (χ3n) is 4.82. The Morgan fingerprint density at radius 2 is 1.79 bits per heavy atom. The van der Waals surface area contributed by atoms with Crippen molar-refractivity contribution >= 4 is 23.2 Å². The van der Waals surface area contributed by atoms with Gasteiger partial charge >= 0.3 is 0 Å². The van der Waals surface area contributed by atoms with Crippen LogP contribution in [0.15, 0.2) is 60.7 Å². The molecule has 0 radical (unpaired) electrons. The zero-order valence-corrected chi connectivity index (χ0v) is 19.5. The number of hydrogen-bond donors (Lipinski definition) is 1. The highest BCUT2D eigenvalue weighted by molar-refractivity contribution is 6.33. The molecule has 2 aromatic carbocycles. The van der Waals surface area contributed by atoms with Crippen molar-refractivity contribution in [1.82, 2.24) is 25.1 Å². The first-order valence-electron chi connectivity index (χ1n) is 10.8. The topological polar surface area (TPSA) is 99.9 Å². The van der Waals surface area contributed by atoms with E-state index in [1.807, 2.05) is 25.1 Å². The zero-order valence-electron chi connectivity index (χ0n) is 18.8. The maximum atomic E-state index is 12.3. The molecule has 2 aromatic heterocycles. The fourth-order valence-electron chi connectivity index (χ4n) is 3.17. The van der Waals surface area contributed by atoms with Gasteiger partial charge in [0.05, 0.1) is 18.2 Å². The van der Waals surface area contributed by atoms with E-state index in [0.29, 0.717) is 34.7 Å². The van der Waals surface area contributed by atoms with Gasteiger partial charge in [-0.2, -0.15) is 4.52 Å². The first-order chi connectivity index (χ1) is 16.5. The number of carbonyl (C=O) groups excluding carboxylic acids is 1. The third-order valence-corrected chi connectivity index (χ3v) is 5.15. The summed E-state index contributed by atoms with van der Waals surface area (Å²) in [5, 5.41) is 16.1. The molecule has 2 heterocycles. The van der Waals surface area contributed by atoms with E-state index in [4.69, 9.17) is 25.8 Å². The van der Waals surface area contributed by atoms with E-state index < -0.39 is 6.10 Å². The molecule has 1 amide bonds. The highest BCUT2D eigenvalue weighted by Gasteiger charge is 2.15. The molecule has 0 aliphatic rings. The van der Waals surface area contributed by atoms with Gasteiger partial charge in [-0.3, -0.25) is 4.79 Å². The van der Waals surface area contributed by atoms with E-state index in [1.165, 1.54) is 0 Å². The van der Waals surface area contributed by atoms with Crippen LogP contribution < -0.4 is 19.5 Å². The average molecular weight is 482 g/mol. The maximum Gasteiger partial charge on any atom is 0.260 e. The Balaban J connectivity index is 1.29. The molecular weight excluding hydrogens is 458 g/mol. The van der Waals surface area contributed by atoms with Gasteiger partial charge in [-0.15, -0.1) is 15.3 Å². The molecule has 0 spiro atoms. The minimum atomic E-state index is -0.664. The van der Waals surface area contributed by atoms with Gasteiger partial charge in [0, 0.05) is 11.6 Å². The number of halogens is 1. The van der Waals surface area contributed by atoms with Gasteiger partial charge in [0.25, 0.3) is 5.91 Å². The molecule has 1 unspecified atom stereocenters. The fourth-order valence-corrected chi connectivity index (χ4v) is 3.39. The summed E-state index contributed by atoms with van der Waals surface area (Å²) in [4.78, 5) is 12.3. The summed E-state index contributed by atoms with van der Waals surface area (Å²) in [6.07, 6.45) is -0.664. The molecule has 9 nitrogen and oxygen atoms in total. The van der Waals surface area contributed by atoms with E-state index >= 15 is 0 Å². The second-order valence-electron chi connectivity index (χ2n) is 7.25. The van der Waals surface area contributed by atoms with Crippen molar-refractivity contribution in [3.8, 4) is 28.8 Å². The average Bonchev–Trinajstić information content (AvgIpc) is 3.26. The van der Waals surface area contributed by atoms with Crippen LogP contribution in [0.1, 0.15) is 13.8 Å². The third kappa shape index (κ3) is 5.55. The normalized spacial score (nSPS) is 11.7. The number of aromatic nitrogens is 4. The number of rotatable bonds is 10. The van der Waals surface area contributed by atoms with Gasteiger partial charge in [-0.1, -0.05) is 23.7 Å². The molecule has 0 saturated heterocycles. The standard InChI is InChI=1S/C24H24ClN5O4/c1-3-32-17-8-10-18(11-9-17)34-16(2)24(31)26-14-15-33-22-13-12-21-27-28-23(30(21)29-22)19-6-4-5-7-20(19)25/h4-13,16H,3,14-15H2,1-2H3,(H,26,31). The monoisotopic (exact) mass is 481 g/mol. The minimum Gasteiger partial charge on any atom is -0.494 e. The van der Waals surface area contributed by atoms with Crippen molar-refractivity contribution in [2.24, 2.45) is 0 Å². The molecule has 0 fully saturated rings. The van der Waals surface area contributed by atoms with Crippen LogP contribution in [0.4, 0.5) is 0 Å². The number of nitrogens with one attached hydrogen (secondary N) is 1. The summed E-state index contributed by atoms with van der Waals surface area (Å²) in [5.41, 5.74) is 1.28. The smallest absolute Gasteiger partial charge is 0.260 e. The van der Waals surface area contributed by atoms with Crippen LogP contribution in [-0.4, -0.2) is 51.6 Å². The number of amides is 1. The summed E-state index contributed by atoms with van der Waals surface area (Å²) in [6.45, 7) is 4.71. The van der Waals surface area contributed by atoms with E-state index in [0.717, 1.165) is 11.3 Å². The maximum absolute atomic E-state index is 12.3. The second-order valence-corrected chi connectivity index (χ2v) is 7.66. The lowest BCUT2D eigenvalue weighted by atomic mass is 10.2. The fraction of sp³-hybridized carbons (Fsp3) is 0.250. The molecule has 1 atom stereocenters. The Morgan fingerprint density at radius 1 is 1.03 bits per heavy atom. The van der Waals surface area contributed by atoms with Gasteiger partial charge in [0.1, 0.15) is 18.1 Å². The van der Waals surface area contributed by atoms with Crippen LogP contribution in [0, 0.1) is 0 Å². The Hall–Kier alpha value is -3.85. The van der Waals surface area contributed by atoms with Crippen LogP contribution >= 0.6 is 11.6 Å². The minimum absolute atomic E-state index is 0.226. The highest BCUT2D eigenvalue weighted by Crippen LogP contribution is 2.26. The first kappa shape index (κ1) is 23.3. The van der Waals surface area contributed by atoms with Crippen LogP contribution in [0.3, 0.4) is 0 Å². The highest BCUT2D eigenvalue weighted by atomic mass is 35.5. The molecule has 1 N–H and O–H groups in total. The number of fused-ring (bicyclic) bond motifs is 1. The number of benzene rings is 2. The largest absolute Gasteiger partial charge is 0.494 e. The van der Waals surface area contributed by atoms with E-state index in [9.17, 15) is 4.79 Å². The molecule has 4 rings (SSSR count). The van der Waals surface area contributed by atoms with Crippen molar-refractivity contribution < 1.29 is 19.0 Å². The predicted molar refractivity (Wildman–Crippen MR) is 127 cm³/mol. The van der Waals surface area contributed by atoms with Gasteiger partial charge in [0.15, 0.2) is 17.6 Å². The molecule has 34 heavy (non-hydrogen) atoms. The molecule has 4 aromatic rings. The van der Waals surface area contributed by atoms with E-state index in [-0.39, 0.29) is 19.1 Å². The zero-order chi connectivity index (χ0) is 23.9. The van der Waals surface area contributed by atoms with Crippen LogP contribution in [0.25, 0.3) is 17.0 Å². The van der Waals surface area contributed by atoms with Crippen LogP contribution in [0.5, 0.6) is 17.4 Å². The Morgan fingerprint density at radius 3 is 2.56 bits per heavy atom. The Kier molecular flexibility index (Phi) is 7.44. The van der Waals surface area contributed by atoms with Gasteiger partial charge in [-0.05, 0) is 56.3 Å². The quantitative estimate of drug-likeness (QED) is 0.344. The van der Waals surface area contributed by atoms with Gasteiger partial charge in [-0.25, -0.2) is 0 Å². The first-order valence-corrected chi connectivity index (χ1v) is 11.2. The van der Waals surface area contributed by atoms with Crippen molar-refractivity contribution in [2.75, 3.05) is 19.8 Å². The molecule has 0 saturated carbocycles. The number of nitrogens with zero attached hydrogens (tertiary/aromatic N) is 4. The van der Waals surface area contributed by atoms with Crippen molar-refractivity contribution in [3.05, 3.63) is 65.7 Å². The molecular formula is C24H24ClN5O4. The SMILES string of the molecule is CCOc1ccc(OC(C)C(=O)NCCOc2ccc3nnc(-c4ccccc4Cl)n3n2)cc1. The summed E-state index contributed by atoms with van der Waals surface area (Å²) >= 11 is 6.29. The molecule has 176 valence electrons. The summed E-state index contributed by atoms with van der Waals surface area (Å²) < 4.78 is 18.4. The molecule has 0 bridgehead atoms. The lowest BCUT2D eigenvalue weighted by Crippen LogP contribution is -2.38. The van der Waals surface area contributed by atoms with Crippen LogP contribution in [0.2, 0.25) is 5.02 Å². The second kappa shape index (κ2) is 10.8. The van der Waals surface area contributed by atoms with E-state index in [1.54, 1.807) is 53.9 Å². The number of ether oxygens (including phenoxy) is 3. The predicted octanol–water partition coefficient (Wildman–Crippen LogP) is 3.81. The molecule has 10 heteroatoms. The van der Waals surface area contributed by atoms with Crippen molar-refractivity contribution in [3.63, 3.8) is 0 Å². The van der Waals surface area contributed by atoms with E-state index in [2.05, 4.69) is 20.6 Å². The summed E-state index contributed by atoms with van der Waals surface area (Å²) in [7, 11) is 0. The molecule has 0 aliphatic heterocycles. The van der Waals surface area contributed by atoms with Gasteiger partial charge < -0.3 is 19.5 Å². The Bertz CT molecular complexity index is 1260. The summed E-state index contributed by atoms with van der Waals surface area (Å²) in [6, 6.07) is 17.9. The lowest BCUT2D eigenvalue weighted by molar-refractivity contribution is -0.127. The van der Waals surface area contributed by atoms with Gasteiger partial charge in [0.2, 0.25) is 5.88 Å². The summed E-state index contributed by atoms with van der Waals surface area (Å²) in [5.74, 6) is 1.97. The molecule has 0 aliphatic carbocycles. The lowest BCUT2D eigenvalue weighted by Gasteiger charge is -2.15. The number of hydrogen-bond acceptors (Lipinski definition) is 7.